The Bertz CT molecular complexity index is 478. The zero-order valence-electron chi connectivity index (χ0n) is 10.9. The number of sulfonamides is 1. The first kappa shape index (κ1) is 14.5. The Morgan fingerprint density at radius 1 is 1.53 bits per heavy atom. The van der Waals surface area contributed by atoms with Gasteiger partial charge in [0.05, 0.1) is 12.5 Å². The van der Waals surface area contributed by atoms with Crippen LogP contribution in [0, 0.1) is 0 Å². The van der Waals surface area contributed by atoms with Crippen LogP contribution in [0.5, 0.6) is 0 Å². The first-order chi connectivity index (χ1) is 8.97. The summed E-state index contributed by atoms with van der Waals surface area (Å²) in [5.74, 6) is 0.543. The molecule has 1 fully saturated rings. The van der Waals surface area contributed by atoms with Gasteiger partial charge in [0.25, 0.3) is 0 Å². The van der Waals surface area contributed by atoms with Crippen LogP contribution in [-0.4, -0.2) is 49.8 Å². The lowest BCUT2D eigenvalue weighted by molar-refractivity contribution is 0.138. The van der Waals surface area contributed by atoms with E-state index in [0.29, 0.717) is 25.4 Å². The van der Waals surface area contributed by atoms with Gasteiger partial charge in [-0.25, -0.2) is 12.7 Å². The third kappa shape index (κ3) is 4.04. The summed E-state index contributed by atoms with van der Waals surface area (Å²) in [4.78, 5) is 0. The van der Waals surface area contributed by atoms with Crippen molar-refractivity contribution in [2.45, 2.75) is 25.0 Å². The minimum absolute atomic E-state index is 0.239. The molecule has 1 aliphatic heterocycles. The average Bonchev–Trinajstić information content (AvgIpc) is 2.89. The van der Waals surface area contributed by atoms with Gasteiger partial charge in [0.2, 0.25) is 10.0 Å². The zero-order valence-corrected chi connectivity index (χ0v) is 11.8. The number of hydrogen-bond acceptors (Lipinski definition) is 5. The molecule has 108 valence electrons. The Hall–Kier alpha value is -0.890. The highest BCUT2D eigenvalue weighted by Crippen LogP contribution is 2.15. The van der Waals surface area contributed by atoms with Crippen LogP contribution in [0.1, 0.15) is 24.7 Å². The van der Waals surface area contributed by atoms with Gasteiger partial charge in [-0.3, -0.25) is 0 Å². The molecule has 0 spiro atoms. The van der Waals surface area contributed by atoms with Gasteiger partial charge in [0, 0.05) is 25.7 Å². The van der Waals surface area contributed by atoms with Crippen LogP contribution in [0.25, 0.3) is 0 Å². The highest BCUT2D eigenvalue weighted by molar-refractivity contribution is 7.88. The van der Waals surface area contributed by atoms with Crippen LogP contribution in [-0.2, 0) is 10.0 Å². The highest BCUT2D eigenvalue weighted by atomic mass is 32.2. The Kier molecular flexibility index (Phi) is 4.62. The number of aliphatic hydroxyl groups excluding tert-OH is 1. The second kappa shape index (κ2) is 6.04. The number of hydrogen-bond donors (Lipinski definition) is 2. The van der Waals surface area contributed by atoms with Crippen LogP contribution in [0.4, 0.5) is 0 Å². The molecule has 1 aliphatic rings. The van der Waals surface area contributed by atoms with E-state index >= 15 is 0 Å². The topological polar surface area (TPSA) is 82.8 Å². The number of piperidine rings is 1. The van der Waals surface area contributed by atoms with E-state index in [0.717, 1.165) is 12.8 Å². The van der Waals surface area contributed by atoms with E-state index in [1.165, 1.54) is 16.8 Å². The summed E-state index contributed by atoms with van der Waals surface area (Å²) in [5.41, 5.74) is 0. The van der Waals surface area contributed by atoms with Gasteiger partial charge in [-0.2, -0.15) is 0 Å². The molecule has 2 N–H and O–H groups in total. The Balaban J connectivity index is 1.74. The summed E-state index contributed by atoms with van der Waals surface area (Å²) >= 11 is 0. The van der Waals surface area contributed by atoms with Gasteiger partial charge >= 0.3 is 0 Å². The molecular formula is C12H20N2O4S. The standard InChI is InChI=1S/C12H20N2O4S/c1-19(16,17)14-6-4-10(5-7-14)13-9-11(15)12-3-2-8-18-12/h2-3,8,10-11,13,15H,4-7,9H2,1H3. The second-order valence-electron chi connectivity index (χ2n) is 4.88. The van der Waals surface area contributed by atoms with Crippen LogP contribution in [0.15, 0.2) is 22.8 Å². The van der Waals surface area contributed by atoms with Crippen LogP contribution in [0.2, 0.25) is 0 Å². The first-order valence-corrected chi connectivity index (χ1v) is 8.21. The Morgan fingerprint density at radius 2 is 2.21 bits per heavy atom. The van der Waals surface area contributed by atoms with Crippen molar-refractivity contribution in [1.82, 2.24) is 9.62 Å². The fourth-order valence-corrected chi connectivity index (χ4v) is 3.13. The molecule has 0 amide bonds. The van der Waals surface area contributed by atoms with Crippen molar-refractivity contribution in [3.05, 3.63) is 24.2 Å². The lowest BCUT2D eigenvalue weighted by Crippen LogP contribution is -2.45. The number of nitrogens with zero attached hydrogens (tertiary/aromatic N) is 1. The maximum Gasteiger partial charge on any atom is 0.211 e. The van der Waals surface area contributed by atoms with Gasteiger partial charge in [-0.15, -0.1) is 0 Å². The molecule has 2 rings (SSSR count). The van der Waals surface area contributed by atoms with Gasteiger partial charge in [-0.1, -0.05) is 0 Å². The van der Waals surface area contributed by atoms with Gasteiger partial charge < -0.3 is 14.8 Å². The number of aliphatic hydroxyl groups is 1. The molecule has 0 aliphatic carbocycles. The summed E-state index contributed by atoms with van der Waals surface area (Å²) in [6, 6.07) is 3.71. The number of furan rings is 1. The summed E-state index contributed by atoms with van der Waals surface area (Å²) < 4.78 is 29.3. The van der Waals surface area contributed by atoms with E-state index in [2.05, 4.69) is 5.32 Å². The summed E-state index contributed by atoms with van der Waals surface area (Å²) in [5, 5.41) is 13.1. The molecule has 7 heteroatoms. The summed E-state index contributed by atoms with van der Waals surface area (Å²) in [6.45, 7) is 1.48. The Morgan fingerprint density at radius 3 is 2.74 bits per heavy atom. The molecule has 0 radical (unpaired) electrons. The predicted octanol–water partition coefficient (Wildman–Crippen LogP) is 0.327. The largest absolute Gasteiger partial charge is 0.467 e. The molecule has 0 bridgehead atoms. The lowest BCUT2D eigenvalue weighted by atomic mass is 10.1. The van der Waals surface area contributed by atoms with Crippen LogP contribution in [0.3, 0.4) is 0 Å². The van der Waals surface area contributed by atoms with E-state index in [1.807, 2.05) is 0 Å². The molecule has 1 aromatic heterocycles. The van der Waals surface area contributed by atoms with Crippen molar-refractivity contribution >= 4 is 10.0 Å². The Labute approximate surface area is 113 Å². The van der Waals surface area contributed by atoms with Crippen molar-refractivity contribution in [1.29, 1.82) is 0 Å². The van der Waals surface area contributed by atoms with E-state index in [9.17, 15) is 13.5 Å². The van der Waals surface area contributed by atoms with Crippen molar-refractivity contribution < 1.29 is 17.9 Å². The smallest absolute Gasteiger partial charge is 0.211 e. The van der Waals surface area contributed by atoms with E-state index < -0.39 is 16.1 Å². The van der Waals surface area contributed by atoms with E-state index in [1.54, 1.807) is 12.1 Å². The van der Waals surface area contributed by atoms with Gasteiger partial charge in [-0.05, 0) is 25.0 Å². The van der Waals surface area contributed by atoms with Gasteiger partial charge in [0.15, 0.2) is 0 Å². The second-order valence-corrected chi connectivity index (χ2v) is 6.86. The average molecular weight is 288 g/mol. The molecule has 0 saturated carbocycles. The van der Waals surface area contributed by atoms with E-state index in [-0.39, 0.29) is 6.04 Å². The van der Waals surface area contributed by atoms with Crippen molar-refractivity contribution in [2.24, 2.45) is 0 Å². The third-order valence-electron chi connectivity index (χ3n) is 3.39. The summed E-state index contributed by atoms with van der Waals surface area (Å²) in [7, 11) is -3.07. The molecule has 2 heterocycles. The summed E-state index contributed by atoms with van der Waals surface area (Å²) in [6.07, 6.45) is 3.63. The first-order valence-electron chi connectivity index (χ1n) is 6.37. The van der Waals surface area contributed by atoms with Crippen LogP contribution < -0.4 is 5.32 Å². The quantitative estimate of drug-likeness (QED) is 0.815. The third-order valence-corrected chi connectivity index (χ3v) is 4.70. The van der Waals surface area contributed by atoms with Crippen molar-refractivity contribution in [3.63, 3.8) is 0 Å². The number of nitrogens with one attached hydrogen (secondary N) is 1. The molecule has 1 aromatic rings. The molecular weight excluding hydrogens is 268 g/mol. The zero-order chi connectivity index (χ0) is 13.9. The van der Waals surface area contributed by atoms with Gasteiger partial charge in [0.1, 0.15) is 11.9 Å². The SMILES string of the molecule is CS(=O)(=O)N1CCC(NCC(O)c2ccco2)CC1. The molecule has 0 aromatic carbocycles. The highest BCUT2D eigenvalue weighted by Gasteiger charge is 2.25. The maximum atomic E-state index is 11.4. The monoisotopic (exact) mass is 288 g/mol. The molecule has 1 unspecified atom stereocenters. The molecule has 1 saturated heterocycles. The predicted molar refractivity (Wildman–Crippen MR) is 71.1 cm³/mol. The van der Waals surface area contributed by atoms with E-state index in [4.69, 9.17) is 4.42 Å². The molecule has 1 atom stereocenters. The molecule has 6 nitrogen and oxygen atoms in total. The normalized spacial score (nSPS) is 20.5. The fourth-order valence-electron chi connectivity index (χ4n) is 2.25. The van der Waals surface area contributed by atoms with Crippen molar-refractivity contribution in [2.75, 3.05) is 25.9 Å². The lowest BCUT2D eigenvalue weighted by Gasteiger charge is -2.31. The molecule has 19 heavy (non-hydrogen) atoms. The van der Waals surface area contributed by atoms with Crippen LogP contribution >= 0.6 is 0 Å². The fraction of sp³-hybridized carbons (Fsp3) is 0.667. The minimum Gasteiger partial charge on any atom is -0.467 e. The minimum atomic E-state index is -3.07. The van der Waals surface area contributed by atoms with Crippen molar-refractivity contribution in [3.8, 4) is 0 Å². The number of rotatable bonds is 5. The maximum absolute atomic E-state index is 11.4.